The van der Waals surface area contributed by atoms with Crippen LogP contribution in [-0.2, 0) is 9.53 Å². The highest BCUT2D eigenvalue weighted by atomic mass is 35.5. The van der Waals surface area contributed by atoms with Crippen LogP contribution in [0.2, 0.25) is 10.2 Å². The fourth-order valence-electron chi connectivity index (χ4n) is 1.53. The standard InChI is InChI=1S/C11H14Cl2N2O3/c1-6(2)4-8(11(17)18-3)15-9(16)5-7(12)10(13)14-15/h5-6,8H,4H2,1-3H3/t8-/m0/s1. The van der Waals surface area contributed by atoms with E-state index in [0.29, 0.717) is 6.42 Å². The quantitative estimate of drug-likeness (QED) is 0.799. The van der Waals surface area contributed by atoms with Crippen molar-refractivity contribution < 1.29 is 9.53 Å². The molecule has 0 fully saturated rings. The predicted molar refractivity (Wildman–Crippen MR) is 69.0 cm³/mol. The highest BCUT2D eigenvalue weighted by Crippen LogP contribution is 2.20. The van der Waals surface area contributed by atoms with Gasteiger partial charge >= 0.3 is 5.97 Å². The van der Waals surface area contributed by atoms with Gasteiger partial charge in [0.1, 0.15) is 0 Å². The Kier molecular flexibility index (Phi) is 5.16. The summed E-state index contributed by atoms with van der Waals surface area (Å²) in [5.41, 5.74) is -0.486. The highest BCUT2D eigenvalue weighted by Gasteiger charge is 2.25. The van der Waals surface area contributed by atoms with E-state index in [-0.39, 0.29) is 16.1 Å². The SMILES string of the molecule is COC(=O)[C@H](CC(C)C)n1nc(Cl)c(Cl)cc1=O. The Morgan fingerprint density at radius 3 is 2.61 bits per heavy atom. The average molecular weight is 293 g/mol. The van der Waals surface area contributed by atoms with Gasteiger partial charge in [0.2, 0.25) is 0 Å². The molecule has 0 saturated heterocycles. The lowest BCUT2D eigenvalue weighted by Crippen LogP contribution is -2.33. The molecule has 0 radical (unpaired) electrons. The third-order valence-electron chi connectivity index (χ3n) is 2.33. The molecule has 1 aromatic rings. The Morgan fingerprint density at radius 2 is 2.11 bits per heavy atom. The number of aromatic nitrogens is 2. The van der Waals surface area contributed by atoms with E-state index >= 15 is 0 Å². The lowest BCUT2D eigenvalue weighted by molar-refractivity contribution is -0.145. The second-order valence-electron chi connectivity index (χ2n) is 4.23. The molecular formula is C11H14Cl2N2O3. The molecule has 18 heavy (non-hydrogen) atoms. The van der Waals surface area contributed by atoms with Gasteiger partial charge in [-0.15, -0.1) is 0 Å². The third-order valence-corrected chi connectivity index (χ3v) is 3.00. The molecule has 7 heteroatoms. The Bertz CT molecular complexity index is 500. The maximum atomic E-state index is 11.8. The first-order valence-electron chi connectivity index (χ1n) is 5.39. The van der Waals surface area contributed by atoms with Crippen molar-refractivity contribution in [2.75, 3.05) is 7.11 Å². The number of methoxy groups -OCH3 is 1. The molecule has 0 aliphatic rings. The molecule has 1 rings (SSSR count). The summed E-state index contributed by atoms with van der Waals surface area (Å²) in [6.45, 7) is 3.86. The van der Waals surface area contributed by atoms with Crippen LogP contribution in [0.25, 0.3) is 0 Å². The van der Waals surface area contributed by atoms with E-state index in [4.69, 9.17) is 23.2 Å². The van der Waals surface area contributed by atoms with Gasteiger partial charge in [0, 0.05) is 6.07 Å². The number of hydrogen-bond donors (Lipinski definition) is 0. The van der Waals surface area contributed by atoms with Gasteiger partial charge in [-0.05, 0) is 12.3 Å². The van der Waals surface area contributed by atoms with Gasteiger partial charge in [0.05, 0.1) is 12.1 Å². The molecule has 0 amide bonds. The van der Waals surface area contributed by atoms with Gasteiger partial charge in [-0.25, -0.2) is 9.48 Å². The molecule has 0 N–H and O–H groups in total. The van der Waals surface area contributed by atoms with Crippen LogP contribution in [0.15, 0.2) is 10.9 Å². The van der Waals surface area contributed by atoms with Crippen molar-refractivity contribution in [3.05, 3.63) is 26.6 Å². The molecule has 0 aromatic carbocycles. The molecule has 0 spiro atoms. The molecule has 0 unspecified atom stereocenters. The van der Waals surface area contributed by atoms with Crippen molar-refractivity contribution in [2.24, 2.45) is 5.92 Å². The summed E-state index contributed by atoms with van der Waals surface area (Å²) in [5.74, 6) is -0.339. The molecule has 100 valence electrons. The van der Waals surface area contributed by atoms with E-state index in [0.717, 1.165) is 10.7 Å². The first kappa shape index (κ1) is 15.0. The molecule has 1 atom stereocenters. The van der Waals surface area contributed by atoms with Gasteiger partial charge in [-0.3, -0.25) is 4.79 Å². The highest BCUT2D eigenvalue weighted by molar-refractivity contribution is 6.41. The molecule has 1 heterocycles. The molecule has 0 aliphatic carbocycles. The number of rotatable bonds is 4. The summed E-state index contributed by atoms with van der Waals surface area (Å²) >= 11 is 11.4. The smallest absolute Gasteiger partial charge is 0.330 e. The minimum Gasteiger partial charge on any atom is -0.467 e. The molecular weight excluding hydrogens is 279 g/mol. The van der Waals surface area contributed by atoms with E-state index in [9.17, 15) is 9.59 Å². The van der Waals surface area contributed by atoms with Gasteiger partial charge in [0.15, 0.2) is 11.2 Å². The molecule has 5 nitrogen and oxygen atoms in total. The van der Waals surface area contributed by atoms with Crippen molar-refractivity contribution in [1.82, 2.24) is 9.78 Å². The number of carbonyl (C=O) groups is 1. The van der Waals surface area contributed by atoms with E-state index < -0.39 is 17.6 Å². The molecule has 1 aromatic heterocycles. The zero-order valence-corrected chi connectivity index (χ0v) is 11.8. The van der Waals surface area contributed by atoms with Crippen LogP contribution in [0, 0.1) is 5.92 Å². The largest absolute Gasteiger partial charge is 0.467 e. The number of esters is 1. The first-order chi connectivity index (χ1) is 8.36. The van der Waals surface area contributed by atoms with Crippen LogP contribution in [0.3, 0.4) is 0 Å². The number of ether oxygens (including phenoxy) is 1. The van der Waals surface area contributed by atoms with Gasteiger partial charge < -0.3 is 4.74 Å². The van der Waals surface area contributed by atoms with Crippen LogP contribution in [0.5, 0.6) is 0 Å². The average Bonchev–Trinajstić information content (AvgIpc) is 2.30. The minimum absolute atomic E-state index is 0.0195. The van der Waals surface area contributed by atoms with E-state index in [2.05, 4.69) is 9.84 Å². The van der Waals surface area contributed by atoms with Crippen LogP contribution in [-0.4, -0.2) is 22.9 Å². The van der Waals surface area contributed by atoms with Crippen molar-refractivity contribution in [3.8, 4) is 0 Å². The Labute approximate surface area is 115 Å². The van der Waals surface area contributed by atoms with Crippen LogP contribution in [0.4, 0.5) is 0 Å². The van der Waals surface area contributed by atoms with Crippen molar-refractivity contribution in [2.45, 2.75) is 26.3 Å². The van der Waals surface area contributed by atoms with E-state index in [1.807, 2.05) is 13.8 Å². The maximum absolute atomic E-state index is 11.8. The normalized spacial score (nSPS) is 12.6. The number of carbonyl (C=O) groups excluding carboxylic acids is 1. The van der Waals surface area contributed by atoms with Crippen molar-refractivity contribution in [3.63, 3.8) is 0 Å². The molecule has 0 bridgehead atoms. The van der Waals surface area contributed by atoms with Gasteiger partial charge in [0.25, 0.3) is 5.56 Å². The fraction of sp³-hybridized carbons (Fsp3) is 0.545. The summed E-state index contributed by atoms with van der Waals surface area (Å²) in [7, 11) is 1.26. The molecule has 0 saturated carbocycles. The summed E-state index contributed by atoms with van der Waals surface area (Å²) in [5, 5.41) is 3.87. The monoisotopic (exact) mass is 292 g/mol. The van der Waals surface area contributed by atoms with Crippen LogP contribution in [0.1, 0.15) is 26.3 Å². The predicted octanol–water partition coefficient (Wildman–Crippen LogP) is 2.31. The Balaban J connectivity index is 3.24. The number of nitrogens with zero attached hydrogens (tertiary/aromatic N) is 2. The summed E-state index contributed by atoms with van der Waals surface area (Å²) < 4.78 is 5.69. The number of halogens is 2. The van der Waals surface area contributed by atoms with E-state index in [1.165, 1.54) is 7.11 Å². The first-order valence-corrected chi connectivity index (χ1v) is 6.15. The van der Waals surface area contributed by atoms with Crippen LogP contribution < -0.4 is 5.56 Å². The topological polar surface area (TPSA) is 61.2 Å². The van der Waals surface area contributed by atoms with E-state index in [1.54, 1.807) is 0 Å². The summed E-state index contributed by atoms with van der Waals surface area (Å²) in [6.07, 6.45) is 0.428. The lowest BCUT2D eigenvalue weighted by Gasteiger charge is -2.18. The third kappa shape index (κ3) is 3.46. The zero-order valence-electron chi connectivity index (χ0n) is 10.3. The number of hydrogen-bond acceptors (Lipinski definition) is 4. The minimum atomic E-state index is -0.794. The second-order valence-corrected chi connectivity index (χ2v) is 5.00. The van der Waals surface area contributed by atoms with Crippen LogP contribution >= 0.6 is 23.2 Å². The lowest BCUT2D eigenvalue weighted by atomic mass is 10.0. The summed E-state index contributed by atoms with van der Waals surface area (Å²) in [6, 6.07) is 0.338. The second kappa shape index (κ2) is 6.20. The van der Waals surface area contributed by atoms with Gasteiger partial charge in [-0.1, -0.05) is 37.0 Å². The van der Waals surface area contributed by atoms with Crippen molar-refractivity contribution in [1.29, 1.82) is 0 Å². The Morgan fingerprint density at radius 1 is 1.50 bits per heavy atom. The zero-order chi connectivity index (χ0) is 13.9. The maximum Gasteiger partial charge on any atom is 0.330 e. The fourth-order valence-corrected chi connectivity index (χ4v) is 1.79. The Hall–Kier alpha value is -1.07. The summed E-state index contributed by atoms with van der Waals surface area (Å²) in [4.78, 5) is 23.5. The molecule has 0 aliphatic heterocycles. The van der Waals surface area contributed by atoms with Crippen molar-refractivity contribution >= 4 is 29.2 Å². The van der Waals surface area contributed by atoms with Gasteiger partial charge in [-0.2, -0.15) is 5.10 Å².